The molecular formula is C14H20N2O5S. The minimum absolute atomic E-state index is 0.00860. The number of hydrogen-bond acceptors (Lipinski definition) is 5. The number of carbonyl (C=O) groups is 1. The van der Waals surface area contributed by atoms with E-state index >= 15 is 0 Å². The van der Waals surface area contributed by atoms with E-state index in [2.05, 4.69) is 10.6 Å². The number of sulfone groups is 1. The molecule has 0 spiro atoms. The third kappa shape index (κ3) is 3.82. The molecule has 1 fully saturated rings. The van der Waals surface area contributed by atoms with E-state index in [9.17, 15) is 13.2 Å². The molecule has 1 atom stereocenters. The third-order valence-electron chi connectivity index (χ3n) is 3.55. The summed E-state index contributed by atoms with van der Waals surface area (Å²) in [6, 6.07) is 2.65. The number of amides is 2. The zero-order chi connectivity index (χ0) is 16.3. The van der Waals surface area contributed by atoms with Crippen LogP contribution in [-0.4, -0.2) is 46.2 Å². The van der Waals surface area contributed by atoms with Crippen molar-refractivity contribution in [3.8, 4) is 11.5 Å². The summed E-state index contributed by atoms with van der Waals surface area (Å²) in [4.78, 5) is 12.0. The molecule has 1 saturated heterocycles. The van der Waals surface area contributed by atoms with Crippen molar-refractivity contribution in [3.63, 3.8) is 0 Å². The second-order valence-electron chi connectivity index (χ2n) is 5.22. The standard InChI is InChI=1S/C14H20N2O5S/c1-9-6-12(20-2)13(21-3)7-11(9)16-14(17)15-10-4-5-22(18,19)8-10/h6-7,10H,4-5,8H2,1-3H3,(H2,15,16,17). The van der Waals surface area contributed by atoms with Crippen LogP contribution in [0, 0.1) is 6.92 Å². The first kappa shape index (κ1) is 16.4. The van der Waals surface area contributed by atoms with E-state index in [1.807, 2.05) is 6.92 Å². The first-order valence-electron chi connectivity index (χ1n) is 6.85. The molecule has 22 heavy (non-hydrogen) atoms. The maximum Gasteiger partial charge on any atom is 0.319 e. The summed E-state index contributed by atoms with van der Waals surface area (Å²) in [6.45, 7) is 1.83. The van der Waals surface area contributed by atoms with Crippen molar-refractivity contribution < 1.29 is 22.7 Å². The minimum Gasteiger partial charge on any atom is -0.493 e. The number of rotatable bonds is 4. The first-order chi connectivity index (χ1) is 10.3. The maximum atomic E-state index is 12.0. The molecule has 2 rings (SSSR count). The van der Waals surface area contributed by atoms with Gasteiger partial charge in [-0.2, -0.15) is 0 Å². The van der Waals surface area contributed by atoms with E-state index < -0.39 is 15.9 Å². The van der Waals surface area contributed by atoms with Crippen LogP contribution in [0.3, 0.4) is 0 Å². The normalized spacial score (nSPS) is 19.5. The fourth-order valence-corrected chi connectivity index (χ4v) is 4.04. The second-order valence-corrected chi connectivity index (χ2v) is 7.45. The van der Waals surface area contributed by atoms with Gasteiger partial charge in [-0.05, 0) is 25.0 Å². The monoisotopic (exact) mass is 328 g/mol. The summed E-state index contributed by atoms with van der Waals surface area (Å²) >= 11 is 0. The number of aryl methyl sites for hydroxylation is 1. The molecule has 2 amide bonds. The lowest BCUT2D eigenvalue weighted by Crippen LogP contribution is -2.38. The van der Waals surface area contributed by atoms with Gasteiger partial charge in [-0.1, -0.05) is 0 Å². The largest absolute Gasteiger partial charge is 0.493 e. The Balaban J connectivity index is 2.05. The van der Waals surface area contributed by atoms with Crippen LogP contribution in [0.2, 0.25) is 0 Å². The number of methoxy groups -OCH3 is 2. The highest BCUT2D eigenvalue weighted by Crippen LogP contribution is 2.32. The van der Waals surface area contributed by atoms with E-state index in [0.717, 1.165) is 5.56 Å². The van der Waals surface area contributed by atoms with Crippen LogP contribution in [0.15, 0.2) is 12.1 Å². The molecule has 0 aromatic heterocycles. The second kappa shape index (κ2) is 6.43. The molecule has 0 aliphatic carbocycles. The maximum absolute atomic E-state index is 12.0. The van der Waals surface area contributed by atoms with Gasteiger partial charge in [0, 0.05) is 17.8 Å². The summed E-state index contributed by atoms with van der Waals surface area (Å²) in [7, 11) is 0.0328. The first-order valence-corrected chi connectivity index (χ1v) is 8.67. The number of carbonyl (C=O) groups excluding carboxylic acids is 1. The summed E-state index contributed by atoms with van der Waals surface area (Å²) in [5, 5.41) is 5.39. The Hall–Kier alpha value is -1.96. The lowest BCUT2D eigenvalue weighted by molar-refractivity contribution is 0.249. The fourth-order valence-electron chi connectivity index (χ4n) is 2.37. The number of hydrogen-bond donors (Lipinski definition) is 2. The quantitative estimate of drug-likeness (QED) is 0.869. The smallest absolute Gasteiger partial charge is 0.319 e. The van der Waals surface area contributed by atoms with Crippen molar-refractivity contribution in [3.05, 3.63) is 17.7 Å². The average molecular weight is 328 g/mol. The highest BCUT2D eigenvalue weighted by atomic mass is 32.2. The lowest BCUT2D eigenvalue weighted by Gasteiger charge is -2.15. The molecule has 2 N–H and O–H groups in total. The van der Waals surface area contributed by atoms with Crippen molar-refractivity contribution in [1.29, 1.82) is 0 Å². The van der Waals surface area contributed by atoms with Gasteiger partial charge in [0.05, 0.1) is 25.7 Å². The lowest BCUT2D eigenvalue weighted by atomic mass is 10.1. The van der Waals surface area contributed by atoms with E-state index in [1.54, 1.807) is 12.1 Å². The summed E-state index contributed by atoms with van der Waals surface area (Å²) in [5.74, 6) is 1.19. The summed E-state index contributed by atoms with van der Waals surface area (Å²) < 4.78 is 33.2. The van der Waals surface area contributed by atoms with Crippen molar-refractivity contribution in [1.82, 2.24) is 5.32 Å². The van der Waals surface area contributed by atoms with Crippen molar-refractivity contribution >= 4 is 21.6 Å². The van der Waals surface area contributed by atoms with Gasteiger partial charge in [-0.25, -0.2) is 13.2 Å². The van der Waals surface area contributed by atoms with Crippen LogP contribution in [-0.2, 0) is 9.84 Å². The van der Waals surface area contributed by atoms with Gasteiger partial charge in [-0.3, -0.25) is 0 Å². The molecule has 1 aromatic carbocycles. The van der Waals surface area contributed by atoms with Crippen LogP contribution in [0.4, 0.5) is 10.5 Å². The zero-order valence-electron chi connectivity index (χ0n) is 12.8. The highest BCUT2D eigenvalue weighted by Gasteiger charge is 2.29. The molecule has 1 aliphatic rings. The Morgan fingerprint density at radius 2 is 1.86 bits per heavy atom. The molecule has 0 bridgehead atoms. The number of benzene rings is 1. The third-order valence-corrected chi connectivity index (χ3v) is 5.31. The SMILES string of the molecule is COc1cc(C)c(NC(=O)NC2CCS(=O)(=O)C2)cc1OC. The molecule has 0 radical (unpaired) electrons. The molecule has 1 aliphatic heterocycles. The highest BCUT2D eigenvalue weighted by molar-refractivity contribution is 7.91. The van der Waals surface area contributed by atoms with Gasteiger partial charge < -0.3 is 20.1 Å². The predicted octanol–water partition coefficient (Wildman–Crippen LogP) is 1.32. The van der Waals surface area contributed by atoms with Gasteiger partial charge in [0.25, 0.3) is 0 Å². The average Bonchev–Trinajstić information content (AvgIpc) is 2.79. The van der Waals surface area contributed by atoms with Gasteiger partial charge in [0.15, 0.2) is 21.3 Å². The Morgan fingerprint density at radius 3 is 2.41 bits per heavy atom. The van der Waals surface area contributed by atoms with Gasteiger partial charge in [0.1, 0.15) is 0 Å². The van der Waals surface area contributed by atoms with Gasteiger partial charge in [0.2, 0.25) is 0 Å². The summed E-state index contributed by atoms with van der Waals surface area (Å²) in [5.41, 5.74) is 1.39. The van der Waals surface area contributed by atoms with Crippen LogP contribution in [0.25, 0.3) is 0 Å². The predicted molar refractivity (Wildman–Crippen MR) is 83.5 cm³/mol. The van der Waals surface area contributed by atoms with E-state index in [-0.39, 0.29) is 17.5 Å². The Bertz CT molecular complexity index is 672. The summed E-state index contributed by atoms with van der Waals surface area (Å²) in [6.07, 6.45) is 0.445. The Kier molecular flexibility index (Phi) is 4.80. The Labute approximate surface area is 129 Å². The van der Waals surface area contributed by atoms with Crippen molar-refractivity contribution in [2.75, 3.05) is 31.0 Å². The van der Waals surface area contributed by atoms with Crippen molar-refractivity contribution in [2.24, 2.45) is 0 Å². The molecule has 122 valence electrons. The van der Waals surface area contributed by atoms with E-state index in [0.29, 0.717) is 23.6 Å². The van der Waals surface area contributed by atoms with Crippen LogP contribution in [0.5, 0.6) is 11.5 Å². The molecule has 0 saturated carbocycles. The number of ether oxygens (including phenoxy) is 2. The Morgan fingerprint density at radius 1 is 1.23 bits per heavy atom. The van der Waals surface area contributed by atoms with Gasteiger partial charge in [-0.15, -0.1) is 0 Å². The fraction of sp³-hybridized carbons (Fsp3) is 0.500. The molecule has 1 aromatic rings. The van der Waals surface area contributed by atoms with E-state index in [4.69, 9.17) is 9.47 Å². The number of urea groups is 1. The van der Waals surface area contributed by atoms with Crippen molar-refractivity contribution in [2.45, 2.75) is 19.4 Å². The molecule has 1 unspecified atom stereocenters. The molecule has 1 heterocycles. The molecule has 8 heteroatoms. The molecular weight excluding hydrogens is 308 g/mol. The molecule has 7 nitrogen and oxygen atoms in total. The van der Waals surface area contributed by atoms with Crippen LogP contribution in [0.1, 0.15) is 12.0 Å². The van der Waals surface area contributed by atoms with Crippen LogP contribution < -0.4 is 20.1 Å². The minimum atomic E-state index is -3.02. The topological polar surface area (TPSA) is 93.7 Å². The number of nitrogens with one attached hydrogen (secondary N) is 2. The van der Waals surface area contributed by atoms with Gasteiger partial charge >= 0.3 is 6.03 Å². The van der Waals surface area contributed by atoms with Crippen LogP contribution >= 0.6 is 0 Å². The zero-order valence-corrected chi connectivity index (χ0v) is 13.6. The van der Waals surface area contributed by atoms with E-state index in [1.165, 1.54) is 14.2 Å². The number of anilines is 1.